The Hall–Kier alpha value is -3.80. The molecule has 1 saturated heterocycles. The van der Waals surface area contributed by atoms with Crippen molar-refractivity contribution in [3.63, 3.8) is 0 Å². The highest BCUT2D eigenvalue weighted by molar-refractivity contribution is 6.31. The largest absolute Gasteiger partial charge is 0.447 e. The molecule has 1 atom stereocenters. The third-order valence-corrected chi connectivity index (χ3v) is 7.58. The molecular formula is C30H36ClFN6O4. The summed E-state index contributed by atoms with van der Waals surface area (Å²) in [6.07, 6.45) is 1.42. The van der Waals surface area contributed by atoms with Gasteiger partial charge in [0.1, 0.15) is 18.2 Å². The standard InChI is InChI=1S/C30H36ClFN6O4/c1-2-37-12-14-38(15-13-37)28(40)11-10-24(35-27(39)19-33-17-23-8-5-9-25(32)29(23)31)20-42-30(41)36-26-16-21-6-3-4-7-22(21)18-34-26/h3-9,16,18,24,33H,2,10-15,17,19-20H2,1H3,(H,35,39)(H,34,36,41)/t24-/m0/s1. The molecule has 3 N–H and O–H groups in total. The zero-order valence-corrected chi connectivity index (χ0v) is 24.3. The molecule has 0 unspecified atom stereocenters. The van der Waals surface area contributed by atoms with E-state index in [1.54, 1.807) is 24.4 Å². The zero-order chi connectivity index (χ0) is 29.9. The number of hydrogen-bond acceptors (Lipinski definition) is 7. The zero-order valence-electron chi connectivity index (χ0n) is 23.6. The van der Waals surface area contributed by atoms with Gasteiger partial charge in [-0.1, -0.05) is 54.9 Å². The van der Waals surface area contributed by atoms with Crippen molar-refractivity contribution in [2.75, 3.05) is 51.2 Å². The average Bonchev–Trinajstić information content (AvgIpc) is 3.00. The Balaban J connectivity index is 1.30. The van der Waals surface area contributed by atoms with Crippen LogP contribution >= 0.6 is 11.6 Å². The number of anilines is 1. The summed E-state index contributed by atoms with van der Waals surface area (Å²) in [5.74, 6) is -0.568. The summed E-state index contributed by atoms with van der Waals surface area (Å²) >= 11 is 5.99. The fourth-order valence-corrected chi connectivity index (χ4v) is 4.90. The number of piperazine rings is 1. The van der Waals surface area contributed by atoms with Gasteiger partial charge in [0.15, 0.2) is 0 Å². The van der Waals surface area contributed by atoms with Crippen molar-refractivity contribution >= 4 is 46.1 Å². The van der Waals surface area contributed by atoms with Crippen molar-refractivity contribution in [1.82, 2.24) is 25.4 Å². The van der Waals surface area contributed by atoms with E-state index in [2.05, 4.69) is 32.8 Å². The second-order valence-electron chi connectivity index (χ2n) is 10.1. The molecule has 42 heavy (non-hydrogen) atoms. The monoisotopic (exact) mass is 598 g/mol. The van der Waals surface area contributed by atoms with E-state index in [1.807, 2.05) is 29.2 Å². The minimum absolute atomic E-state index is 0.00174. The molecule has 1 fully saturated rings. The van der Waals surface area contributed by atoms with Gasteiger partial charge in [0.05, 0.1) is 17.6 Å². The number of nitrogens with zero attached hydrogens (tertiary/aromatic N) is 3. The van der Waals surface area contributed by atoms with Crippen LogP contribution in [0.3, 0.4) is 0 Å². The highest BCUT2D eigenvalue weighted by Gasteiger charge is 2.22. The van der Waals surface area contributed by atoms with Crippen LogP contribution in [0.2, 0.25) is 5.02 Å². The summed E-state index contributed by atoms with van der Waals surface area (Å²) in [6, 6.07) is 13.2. The van der Waals surface area contributed by atoms with Gasteiger partial charge < -0.3 is 25.2 Å². The number of ether oxygens (including phenoxy) is 1. The Morgan fingerprint density at radius 1 is 1.07 bits per heavy atom. The minimum atomic E-state index is -0.724. The number of nitrogens with one attached hydrogen (secondary N) is 3. The van der Waals surface area contributed by atoms with Gasteiger partial charge >= 0.3 is 6.09 Å². The maximum atomic E-state index is 13.7. The van der Waals surface area contributed by atoms with Crippen LogP contribution in [-0.2, 0) is 20.9 Å². The van der Waals surface area contributed by atoms with E-state index in [9.17, 15) is 18.8 Å². The van der Waals surface area contributed by atoms with E-state index in [4.69, 9.17) is 16.3 Å². The quantitative estimate of drug-likeness (QED) is 0.290. The predicted octanol–water partition coefficient (Wildman–Crippen LogP) is 3.79. The van der Waals surface area contributed by atoms with Crippen LogP contribution in [0.4, 0.5) is 15.0 Å². The average molecular weight is 599 g/mol. The molecule has 224 valence electrons. The predicted molar refractivity (Wildman–Crippen MR) is 160 cm³/mol. The van der Waals surface area contributed by atoms with Crippen molar-refractivity contribution in [1.29, 1.82) is 0 Å². The number of pyridine rings is 1. The van der Waals surface area contributed by atoms with E-state index in [1.165, 1.54) is 6.07 Å². The number of rotatable bonds is 12. The van der Waals surface area contributed by atoms with Crippen molar-refractivity contribution in [3.05, 3.63) is 71.1 Å². The number of carbonyl (C=O) groups excluding carboxylic acids is 3. The molecule has 0 aliphatic carbocycles. The van der Waals surface area contributed by atoms with Crippen LogP contribution in [0.15, 0.2) is 54.7 Å². The number of benzene rings is 2. The van der Waals surface area contributed by atoms with E-state index >= 15 is 0 Å². The van der Waals surface area contributed by atoms with E-state index < -0.39 is 18.0 Å². The summed E-state index contributed by atoms with van der Waals surface area (Å²) < 4.78 is 19.1. The molecule has 3 amide bonds. The fraction of sp³-hybridized carbons (Fsp3) is 0.400. The van der Waals surface area contributed by atoms with Gasteiger partial charge in [-0.2, -0.15) is 0 Å². The van der Waals surface area contributed by atoms with Gasteiger partial charge in [0.25, 0.3) is 0 Å². The van der Waals surface area contributed by atoms with Gasteiger partial charge in [-0.25, -0.2) is 14.2 Å². The molecule has 1 aromatic heterocycles. The summed E-state index contributed by atoms with van der Waals surface area (Å²) in [5, 5.41) is 10.2. The highest BCUT2D eigenvalue weighted by Crippen LogP contribution is 2.19. The first kappa shape index (κ1) is 31.1. The number of halogens is 2. The normalized spacial score (nSPS) is 14.4. The van der Waals surface area contributed by atoms with Crippen LogP contribution in [-0.4, -0.2) is 84.6 Å². The Bertz CT molecular complexity index is 1380. The molecule has 3 aromatic rings. The minimum Gasteiger partial charge on any atom is -0.447 e. The first-order valence-electron chi connectivity index (χ1n) is 14.0. The third kappa shape index (κ3) is 9.10. The molecule has 12 heteroatoms. The molecule has 2 aromatic carbocycles. The molecule has 0 bridgehead atoms. The number of likely N-dealkylation sites (N-methyl/N-ethyl adjacent to an activating group) is 1. The second kappa shape index (κ2) is 15.4. The van der Waals surface area contributed by atoms with Gasteiger partial charge in [-0.05, 0) is 36.0 Å². The topological polar surface area (TPSA) is 116 Å². The van der Waals surface area contributed by atoms with Gasteiger partial charge in [0.2, 0.25) is 11.8 Å². The third-order valence-electron chi connectivity index (χ3n) is 7.15. The van der Waals surface area contributed by atoms with Crippen molar-refractivity contribution in [2.24, 2.45) is 0 Å². The summed E-state index contributed by atoms with van der Waals surface area (Å²) in [4.78, 5) is 46.5. The molecule has 0 radical (unpaired) electrons. The first-order chi connectivity index (χ1) is 20.3. The van der Waals surface area contributed by atoms with Crippen molar-refractivity contribution in [3.8, 4) is 0 Å². The fourth-order valence-electron chi connectivity index (χ4n) is 4.71. The van der Waals surface area contributed by atoms with Crippen LogP contribution in [0.1, 0.15) is 25.3 Å². The molecule has 4 rings (SSSR count). The molecule has 2 heterocycles. The van der Waals surface area contributed by atoms with E-state index in [0.29, 0.717) is 24.5 Å². The van der Waals surface area contributed by atoms with Gasteiger partial charge in [-0.3, -0.25) is 14.9 Å². The van der Waals surface area contributed by atoms with E-state index in [0.717, 1.165) is 30.4 Å². The summed E-state index contributed by atoms with van der Waals surface area (Å²) in [7, 11) is 0. The van der Waals surface area contributed by atoms with Crippen molar-refractivity contribution in [2.45, 2.75) is 32.4 Å². The highest BCUT2D eigenvalue weighted by atomic mass is 35.5. The summed E-state index contributed by atoms with van der Waals surface area (Å²) in [5.41, 5.74) is 0.525. The lowest BCUT2D eigenvalue weighted by Gasteiger charge is -2.34. The van der Waals surface area contributed by atoms with Crippen molar-refractivity contribution < 1.29 is 23.5 Å². The molecule has 0 spiro atoms. The molecule has 1 aliphatic rings. The SMILES string of the molecule is CCN1CCN(C(=O)CC[C@@H](COC(=O)Nc2cc3ccccc3cn2)NC(=O)CNCc2cccc(F)c2Cl)CC1. The molecule has 0 saturated carbocycles. The van der Waals surface area contributed by atoms with Gasteiger partial charge in [-0.15, -0.1) is 0 Å². The maximum Gasteiger partial charge on any atom is 0.412 e. The Kier molecular flexibility index (Phi) is 11.4. The smallest absolute Gasteiger partial charge is 0.412 e. The number of aromatic nitrogens is 1. The first-order valence-corrected chi connectivity index (χ1v) is 14.4. The Labute approximate surface area is 249 Å². The van der Waals surface area contributed by atoms with Crippen LogP contribution < -0.4 is 16.0 Å². The second-order valence-corrected chi connectivity index (χ2v) is 10.5. The lowest BCUT2D eigenvalue weighted by Crippen LogP contribution is -2.49. The molecule has 10 nitrogen and oxygen atoms in total. The molecular weight excluding hydrogens is 563 g/mol. The Morgan fingerprint density at radius 2 is 1.83 bits per heavy atom. The lowest BCUT2D eigenvalue weighted by molar-refractivity contribution is -0.133. The van der Waals surface area contributed by atoms with Crippen LogP contribution in [0, 0.1) is 5.82 Å². The number of fused-ring (bicyclic) bond motifs is 1. The van der Waals surface area contributed by atoms with Crippen LogP contribution in [0.5, 0.6) is 0 Å². The van der Waals surface area contributed by atoms with Crippen LogP contribution in [0.25, 0.3) is 10.8 Å². The Morgan fingerprint density at radius 3 is 2.60 bits per heavy atom. The maximum absolute atomic E-state index is 13.7. The van der Waals surface area contributed by atoms with Gasteiger partial charge in [0, 0.05) is 50.7 Å². The number of amides is 3. The van der Waals surface area contributed by atoms with E-state index in [-0.39, 0.29) is 49.4 Å². The molecule has 1 aliphatic heterocycles. The number of hydrogen-bond donors (Lipinski definition) is 3. The lowest BCUT2D eigenvalue weighted by atomic mass is 10.1. The summed E-state index contributed by atoms with van der Waals surface area (Å²) in [6.45, 7) is 5.99. The number of carbonyl (C=O) groups is 3.